The van der Waals surface area contributed by atoms with Crippen LogP contribution in [0.25, 0.3) is 0 Å². The summed E-state index contributed by atoms with van der Waals surface area (Å²) in [6.45, 7) is 3.06. The van der Waals surface area contributed by atoms with Crippen molar-refractivity contribution in [3.05, 3.63) is 0 Å². The van der Waals surface area contributed by atoms with E-state index < -0.39 is 0 Å². The molecule has 0 saturated carbocycles. The van der Waals surface area contributed by atoms with E-state index in [0.29, 0.717) is 5.41 Å². The Morgan fingerprint density at radius 1 is 1.38 bits per heavy atom. The molecule has 1 N–H and O–H groups in total. The summed E-state index contributed by atoms with van der Waals surface area (Å²) in [5, 5.41) is 3.32. The van der Waals surface area contributed by atoms with Gasteiger partial charge in [0, 0.05) is 19.8 Å². The van der Waals surface area contributed by atoms with Crippen molar-refractivity contribution in [2.24, 2.45) is 5.41 Å². The summed E-state index contributed by atoms with van der Waals surface area (Å²) in [4.78, 5) is 0. The molecule has 1 aliphatic rings. The van der Waals surface area contributed by atoms with Gasteiger partial charge in [-0.2, -0.15) is 11.8 Å². The predicted molar refractivity (Wildman–Crippen MR) is 59.4 cm³/mol. The van der Waals surface area contributed by atoms with Crippen LogP contribution in [-0.4, -0.2) is 38.8 Å². The molecule has 0 aromatic rings. The highest BCUT2D eigenvalue weighted by Gasteiger charge is 2.30. The number of hydrogen-bond acceptors (Lipinski definition) is 3. The summed E-state index contributed by atoms with van der Waals surface area (Å²) in [6.07, 6.45) is 5.98. The van der Waals surface area contributed by atoms with E-state index >= 15 is 0 Å². The number of thioether (sulfide) groups is 1. The molecule has 0 radical (unpaired) electrons. The Morgan fingerprint density at radius 3 is 2.62 bits per heavy atom. The van der Waals surface area contributed by atoms with Gasteiger partial charge in [-0.15, -0.1) is 0 Å². The molecule has 13 heavy (non-hydrogen) atoms. The van der Waals surface area contributed by atoms with Crippen molar-refractivity contribution >= 4 is 11.8 Å². The summed E-state index contributed by atoms with van der Waals surface area (Å²) in [5.74, 6) is 1.28. The molecular formula is C10H21NOS. The zero-order chi connectivity index (χ0) is 9.57. The van der Waals surface area contributed by atoms with Gasteiger partial charge < -0.3 is 10.1 Å². The number of nitrogens with one attached hydrogen (secondary N) is 1. The fourth-order valence-corrected chi connectivity index (χ4v) is 2.65. The zero-order valence-electron chi connectivity index (χ0n) is 8.77. The van der Waals surface area contributed by atoms with Gasteiger partial charge in [0.1, 0.15) is 0 Å². The Labute approximate surface area is 85.8 Å². The van der Waals surface area contributed by atoms with Crippen LogP contribution in [0.4, 0.5) is 0 Å². The maximum absolute atomic E-state index is 5.42. The van der Waals surface area contributed by atoms with Crippen LogP contribution in [0.2, 0.25) is 0 Å². The Balaban J connectivity index is 2.40. The molecule has 1 aliphatic heterocycles. The van der Waals surface area contributed by atoms with E-state index in [2.05, 4.69) is 18.6 Å². The minimum absolute atomic E-state index is 0.524. The molecular weight excluding hydrogens is 182 g/mol. The van der Waals surface area contributed by atoms with Crippen LogP contribution < -0.4 is 5.32 Å². The Hall–Kier alpha value is 0.270. The highest BCUT2D eigenvalue weighted by Crippen LogP contribution is 2.34. The number of rotatable bonds is 5. The average Bonchev–Trinajstić information content (AvgIpc) is 2.17. The van der Waals surface area contributed by atoms with Crippen LogP contribution in [0, 0.1) is 5.41 Å². The Morgan fingerprint density at radius 2 is 2.08 bits per heavy atom. The van der Waals surface area contributed by atoms with E-state index in [4.69, 9.17) is 4.74 Å². The third kappa shape index (κ3) is 3.49. The molecule has 78 valence electrons. The lowest BCUT2D eigenvalue weighted by Gasteiger charge is -2.37. The molecule has 2 nitrogen and oxygen atoms in total. The zero-order valence-corrected chi connectivity index (χ0v) is 9.58. The fraction of sp³-hybridized carbons (Fsp3) is 1.00. The minimum Gasteiger partial charge on any atom is -0.381 e. The SMILES string of the molecule is CNCC1(CCSC)CCOCC1. The van der Waals surface area contributed by atoms with Crippen LogP contribution in [0.5, 0.6) is 0 Å². The van der Waals surface area contributed by atoms with Crippen LogP contribution in [-0.2, 0) is 4.74 Å². The summed E-state index contributed by atoms with van der Waals surface area (Å²) in [5.41, 5.74) is 0.524. The average molecular weight is 203 g/mol. The van der Waals surface area contributed by atoms with Gasteiger partial charge in [0.15, 0.2) is 0 Å². The van der Waals surface area contributed by atoms with E-state index in [9.17, 15) is 0 Å². The summed E-state index contributed by atoms with van der Waals surface area (Å²) >= 11 is 1.95. The van der Waals surface area contributed by atoms with E-state index in [1.807, 2.05) is 11.8 Å². The van der Waals surface area contributed by atoms with E-state index in [1.54, 1.807) is 0 Å². The van der Waals surface area contributed by atoms with Crippen molar-refractivity contribution in [2.75, 3.05) is 38.8 Å². The highest BCUT2D eigenvalue weighted by molar-refractivity contribution is 7.98. The standard InChI is InChI=1S/C10H21NOS/c1-11-9-10(5-8-13-2)3-6-12-7-4-10/h11H,3-9H2,1-2H3. The summed E-state index contributed by atoms with van der Waals surface area (Å²) in [7, 11) is 2.05. The Kier molecular flexibility index (Phi) is 5.14. The summed E-state index contributed by atoms with van der Waals surface area (Å²) < 4.78 is 5.42. The predicted octanol–water partition coefficient (Wildman–Crippen LogP) is 1.76. The quantitative estimate of drug-likeness (QED) is 0.735. The molecule has 1 rings (SSSR count). The molecule has 0 spiro atoms. The van der Waals surface area contributed by atoms with Crippen LogP contribution in [0.1, 0.15) is 19.3 Å². The molecule has 0 amide bonds. The molecule has 0 aromatic carbocycles. The molecule has 1 saturated heterocycles. The van der Waals surface area contributed by atoms with Crippen LogP contribution in [0.15, 0.2) is 0 Å². The lowest BCUT2D eigenvalue weighted by Crippen LogP contribution is -2.38. The van der Waals surface area contributed by atoms with Gasteiger partial charge in [0.2, 0.25) is 0 Å². The maximum atomic E-state index is 5.42. The van der Waals surface area contributed by atoms with Crippen LogP contribution >= 0.6 is 11.8 Å². The third-order valence-electron chi connectivity index (χ3n) is 2.94. The first-order chi connectivity index (χ1) is 6.33. The van der Waals surface area contributed by atoms with Crippen molar-refractivity contribution in [2.45, 2.75) is 19.3 Å². The largest absolute Gasteiger partial charge is 0.381 e. The molecule has 0 bridgehead atoms. The lowest BCUT2D eigenvalue weighted by molar-refractivity contribution is 0.0144. The molecule has 1 heterocycles. The molecule has 3 heteroatoms. The second-order valence-corrected chi connectivity index (χ2v) is 4.87. The summed E-state index contributed by atoms with van der Waals surface area (Å²) in [6, 6.07) is 0. The van der Waals surface area contributed by atoms with Gasteiger partial charge in [-0.25, -0.2) is 0 Å². The third-order valence-corrected chi connectivity index (χ3v) is 3.55. The van der Waals surface area contributed by atoms with E-state index in [0.717, 1.165) is 19.8 Å². The van der Waals surface area contributed by atoms with E-state index in [-0.39, 0.29) is 0 Å². The first kappa shape index (κ1) is 11.3. The van der Waals surface area contributed by atoms with Crippen LogP contribution in [0.3, 0.4) is 0 Å². The van der Waals surface area contributed by atoms with Gasteiger partial charge in [-0.05, 0) is 43.7 Å². The number of ether oxygens (including phenoxy) is 1. The maximum Gasteiger partial charge on any atom is 0.0471 e. The topological polar surface area (TPSA) is 21.3 Å². The second kappa shape index (κ2) is 5.89. The smallest absolute Gasteiger partial charge is 0.0471 e. The molecule has 0 aromatic heterocycles. The van der Waals surface area contributed by atoms with Crippen molar-refractivity contribution in [1.82, 2.24) is 5.32 Å². The molecule has 1 fully saturated rings. The van der Waals surface area contributed by atoms with Gasteiger partial charge in [-0.3, -0.25) is 0 Å². The minimum atomic E-state index is 0.524. The first-order valence-corrected chi connectivity index (χ1v) is 6.44. The number of hydrogen-bond donors (Lipinski definition) is 1. The monoisotopic (exact) mass is 203 g/mol. The van der Waals surface area contributed by atoms with Gasteiger partial charge in [0.05, 0.1) is 0 Å². The van der Waals surface area contributed by atoms with Crippen molar-refractivity contribution in [3.63, 3.8) is 0 Å². The van der Waals surface area contributed by atoms with E-state index in [1.165, 1.54) is 25.0 Å². The molecule has 0 aliphatic carbocycles. The van der Waals surface area contributed by atoms with Crippen molar-refractivity contribution in [1.29, 1.82) is 0 Å². The second-order valence-electron chi connectivity index (χ2n) is 3.89. The van der Waals surface area contributed by atoms with Gasteiger partial charge in [0.25, 0.3) is 0 Å². The van der Waals surface area contributed by atoms with Crippen molar-refractivity contribution in [3.8, 4) is 0 Å². The lowest BCUT2D eigenvalue weighted by atomic mass is 9.78. The Bertz CT molecular complexity index is 129. The highest BCUT2D eigenvalue weighted by atomic mass is 32.2. The molecule has 0 atom stereocenters. The van der Waals surface area contributed by atoms with Gasteiger partial charge >= 0.3 is 0 Å². The first-order valence-electron chi connectivity index (χ1n) is 5.04. The fourth-order valence-electron chi connectivity index (χ4n) is 2.01. The molecule has 0 unspecified atom stereocenters. The van der Waals surface area contributed by atoms with Crippen molar-refractivity contribution < 1.29 is 4.74 Å². The normalized spacial score (nSPS) is 21.7. The van der Waals surface area contributed by atoms with Gasteiger partial charge in [-0.1, -0.05) is 0 Å².